The second-order valence-electron chi connectivity index (χ2n) is 4.07. The van der Waals surface area contributed by atoms with E-state index in [-0.39, 0.29) is 11.9 Å². The molecule has 84 valence electrons. The van der Waals surface area contributed by atoms with Crippen LogP contribution in [0.3, 0.4) is 0 Å². The first-order valence-corrected chi connectivity index (χ1v) is 4.99. The van der Waals surface area contributed by atoms with Gasteiger partial charge in [-0.1, -0.05) is 6.08 Å². The molecule has 0 radical (unpaired) electrons. The number of carbonyl (C=O) groups excluding carboxylic acids is 2. The molecule has 2 unspecified atom stereocenters. The number of amides is 1. The van der Waals surface area contributed by atoms with Gasteiger partial charge in [0.2, 0.25) is 5.91 Å². The molecule has 0 aliphatic carbocycles. The Balaban J connectivity index is 2.80. The van der Waals surface area contributed by atoms with E-state index in [0.29, 0.717) is 13.0 Å². The molecule has 1 saturated heterocycles. The van der Waals surface area contributed by atoms with Crippen LogP contribution < -0.4 is 0 Å². The zero-order chi connectivity index (χ0) is 11.6. The van der Waals surface area contributed by atoms with E-state index >= 15 is 0 Å². The first kappa shape index (κ1) is 11.8. The van der Waals surface area contributed by atoms with E-state index in [1.54, 1.807) is 17.9 Å². The number of esters is 1. The first-order chi connectivity index (χ1) is 6.96. The number of nitrogens with zero attached hydrogens (tertiary/aromatic N) is 1. The van der Waals surface area contributed by atoms with Crippen molar-refractivity contribution in [3.63, 3.8) is 0 Å². The molecule has 0 N–H and O–H groups in total. The zero-order valence-corrected chi connectivity index (χ0v) is 9.45. The maximum Gasteiger partial charge on any atom is 0.328 e. The van der Waals surface area contributed by atoms with Crippen molar-refractivity contribution >= 4 is 11.9 Å². The number of hydrogen-bond donors (Lipinski definition) is 0. The van der Waals surface area contributed by atoms with E-state index in [1.165, 1.54) is 7.11 Å². The van der Waals surface area contributed by atoms with E-state index in [2.05, 4.69) is 11.3 Å². The average Bonchev–Trinajstić information content (AvgIpc) is 2.55. The molecule has 1 rings (SSSR count). The van der Waals surface area contributed by atoms with Crippen LogP contribution in [0.25, 0.3) is 0 Å². The Labute approximate surface area is 89.9 Å². The Morgan fingerprint density at radius 3 is 2.73 bits per heavy atom. The summed E-state index contributed by atoms with van der Waals surface area (Å²) in [5.41, 5.74) is -0.526. The van der Waals surface area contributed by atoms with Gasteiger partial charge in [-0.3, -0.25) is 4.79 Å². The van der Waals surface area contributed by atoms with Gasteiger partial charge in [0, 0.05) is 6.54 Å². The predicted octanol–water partition coefficient (Wildman–Crippen LogP) is 0.972. The topological polar surface area (TPSA) is 46.6 Å². The fraction of sp³-hybridized carbons (Fsp3) is 0.636. The van der Waals surface area contributed by atoms with Crippen molar-refractivity contribution < 1.29 is 14.3 Å². The summed E-state index contributed by atoms with van der Waals surface area (Å²) in [5, 5.41) is 0. The lowest BCUT2D eigenvalue weighted by Crippen LogP contribution is -2.42. The van der Waals surface area contributed by atoms with Crippen molar-refractivity contribution in [2.75, 3.05) is 13.7 Å². The fourth-order valence-corrected chi connectivity index (χ4v) is 1.75. The van der Waals surface area contributed by atoms with E-state index in [0.717, 1.165) is 0 Å². The Morgan fingerprint density at radius 1 is 1.73 bits per heavy atom. The Morgan fingerprint density at radius 2 is 2.33 bits per heavy atom. The Hall–Kier alpha value is -1.32. The average molecular weight is 211 g/mol. The van der Waals surface area contributed by atoms with Crippen LogP contribution in [-0.4, -0.2) is 36.5 Å². The van der Waals surface area contributed by atoms with E-state index < -0.39 is 11.5 Å². The van der Waals surface area contributed by atoms with Gasteiger partial charge in [0.05, 0.1) is 12.5 Å². The van der Waals surface area contributed by atoms with Gasteiger partial charge in [-0.25, -0.2) is 4.79 Å². The molecule has 0 spiro atoms. The molecule has 1 aliphatic rings. The molecule has 2 atom stereocenters. The highest BCUT2D eigenvalue weighted by Gasteiger charge is 2.43. The first-order valence-electron chi connectivity index (χ1n) is 4.99. The number of methoxy groups -OCH3 is 1. The highest BCUT2D eigenvalue weighted by atomic mass is 16.5. The lowest BCUT2D eigenvalue weighted by atomic mass is 9.89. The van der Waals surface area contributed by atoms with Gasteiger partial charge in [0.25, 0.3) is 0 Å². The molecule has 1 aliphatic heterocycles. The van der Waals surface area contributed by atoms with Crippen LogP contribution in [-0.2, 0) is 14.3 Å². The smallest absolute Gasteiger partial charge is 0.328 e. The number of ether oxygens (including phenoxy) is 1. The molecule has 1 fully saturated rings. The number of carbonyl (C=O) groups is 2. The maximum atomic E-state index is 12.0. The maximum absolute atomic E-state index is 12.0. The molecule has 0 bridgehead atoms. The molecule has 4 nitrogen and oxygen atoms in total. The molecule has 0 aromatic heterocycles. The monoisotopic (exact) mass is 211 g/mol. The van der Waals surface area contributed by atoms with E-state index in [9.17, 15) is 9.59 Å². The van der Waals surface area contributed by atoms with Crippen LogP contribution >= 0.6 is 0 Å². The van der Waals surface area contributed by atoms with E-state index in [1.807, 2.05) is 6.92 Å². The fourth-order valence-electron chi connectivity index (χ4n) is 1.75. The lowest BCUT2D eigenvalue weighted by molar-refractivity contribution is -0.151. The molecule has 0 aromatic carbocycles. The molecule has 0 saturated carbocycles. The molecule has 0 aromatic rings. The zero-order valence-electron chi connectivity index (χ0n) is 9.45. The Kier molecular flexibility index (Phi) is 3.17. The van der Waals surface area contributed by atoms with Crippen molar-refractivity contribution in [2.24, 2.45) is 5.41 Å². The molecule has 1 amide bonds. The molecule has 1 heterocycles. The minimum atomic E-state index is -0.526. The minimum absolute atomic E-state index is 0.0459. The predicted molar refractivity (Wildman–Crippen MR) is 56.1 cm³/mol. The molecular formula is C11H17NO3. The van der Waals surface area contributed by atoms with Crippen LogP contribution in [0.1, 0.15) is 20.3 Å². The van der Waals surface area contributed by atoms with Crippen LogP contribution in [0.15, 0.2) is 12.7 Å². The standard InChI is InChI=1S/C11H17NO3/c1-5-11(3)6-7-12(10(11)14)8(2)9(13)15-4/h5,8H,1,6-7H2,2-4H3. The van der Waals surface area contributed by atoms with Gasteiger partial charge >= 0.3 is 5.97 Å². The summed E-state index contributed by atoms with van der Waals surface area (Å²) in [4.78, 5) is 24.8. The van der Waals surface area contributed by atoms with Gasteiger partial charge in [0.1, 0.15) is 6.04 Å². The summed E-state index contributed by atoms with van der Waals surface area (Å²) in [7, 11) is 1.33. The molecule has 4 heteroatoms. The van der Waals surface area contributed by atoms with Crippen molar-refractivity contribution in [1.29, 1.82) is 0 Å². The van der Waals surface area contributed by atoms with Gasteiger partial charge in [-0.15, -0.1) is 6.58 Å². The summed E-state index contributed by atoms with van der Waals surface area (Å²) in [6, 6.07) is -0.510. The summed E-state index contributed by atoms with van der Waals surface area (Å²) in [5.74, 6) is -0.424. The van der Waals surface area contributed by atoms with Crippen molar-refractivity contribution in [2.45, 2.75) is 26.3 Å². The summed E-state index contributed by atoms with van der Waals surface area (Å²) < 4.78 is 4.62. The van der Waals surface area contributed by atoms with Gasteiger partial charge in [0.15, 0.2) is 0 Å². The van der Waals surface area contributed by atoms with Crippen LogP contribution in [0, 0.1) is 5.41 Å². The third-order valence-electron chi connectivity index (χ3n) is 3.08. The minimum Gasteiger partial charge on any atom is -0.467 e. The summed E-state index contributed by atoms with van der Waals surface area (Å²) in [6.07, 6.45) is 2.36. The van der Waals surface area contributed by atoms with Crippen molar-refractivity contribution in [3.05, 3.63) is 12.7 Å². The number of likely N-dealkylation sites (tertiary alicyclic amines) is 1. The van der Waals surface area contributed by atoms with E-state index in [4.69, 9.17) is 0 Å². The third kappa shape index (κ3) is 1.89. The van der Waals surface area contributed by atoms with Gasteiger partial charge < -0.3 is 9.64 Å². The van der Waals surface area contributed by atoms with Crippen LogP contribution in [0.2, 0.25) is 0 Å². The van der Waals surface area contributed by atoms with Crippen molar-refractivity contribution in [1.82, 2.24) is 4.90 Å². The molecular weight excluding hydrogens is 194 g/mol. The lowest BCUT2D eigenvalue weighted by Gasteiger charge is -2.24. The van der Waals surface area contributed by atoms with Gasteiger partial charge in [-0.2, -0.15) is 0 Å². The normalized spacial score (nSPS) is 27.7. The Bertz CT molecular complexity index is 300. The second kappa shape index (κ2) is 4.04. The quantitative estimate of drug-likeness (QED) is 0.516. The second-order valence-corrected chi connectivity index (χ2v) is 4.07. The SMILES string of the molecule is C=CC1(C)CCN(C(C)C(=O)OC)C1=O. The third-order valence-corrected chi connectivity index (χ3v) is 3.08. The number of hydrogen-bond acceptors (Lipinski definition) is 3. The summed E-state index contributed by atoms with van der Waals surface area (Å²) in [6.45, 7) is 7.76. The van der Waals surface area contributed by atoms with Crippen LogP contribution in [0.5, 0.6) is 0 Å². The van der Waals surface area contributed by atoms with Gasteiger partial charge in [-0.05, 0) is 20.3 Å². The van der Waals surface area contributed by atoms with Crippen LogP contribution in [0.4, 0.5) is 0 Å². The molecule has 15 heavy (non-hydrogen) atoms. The highest BCUT2D eigenvalue weighted by molar-refractivity contribution is 5.90. The number of rotatable bonds is 3. The highest BCUT2D eigenvalue weighted by Crippen LogP contribution is 2.33. The van der Waals surface area contributed by atoms with Crippen molar-refractivity contribution in [3.8, 4) is 0 Å². The summed E-state index contributed by atoms with van der Waals surface area (Å²) >= 11 is 0. The largest absolute Gasteiger partial charge is 0.467 e.